The number of nitrogens with zero attached hydrogens (tertiary/aromatic N) is 6. The molecule has 0 N–H and O–H groups in total. The van der Waals surface area contributed by atoms with Gasteiger partial charge >= 0.3 is 0 Å². The molecule has 6 heteroatoms. The highest BCUT2D eigenvalue weighted by Crippen LogP contribution is 2.20. The molecule has 6 nitrogen and oxygen atoms in total. The zero-order valence-corrected chi connectivity index (χ0v) is 13.0. The number of hydrogen-bond acceptors (Lipinski definition) is 5. The first-order chi connectivity index (χ1) is 10.7. The molecule has 0 spiro atoms. The number of nitriles is 1. The number of hydrogen-bond donors (Lipinski definition) is 0. The van der Waals surface area contributed by atoms with Crippen molar-refractivity contribution in [2.45, 2.75) is 19.5 Å². The van der Waals surface area contributed by atoms with Crippen LogP contribution in [0.5, 0.6) is 0 Å². The van der Waals surface area contributed by atoms with Gasteiger partial charge in [0.15, 0.2) is 0 Å². The molecule has 0 aromatic carbocycles. The van der Waals surface area contributed by atoms with Crippen molar-refractivity contribution in [2.24, 2.45) is 7.05 Å². The zero-order valence-electron chi connectivity index (χ0n) is 13.0. The summed E-state index contributed by atoms with van der Waals surface area (Å²) in [5, 5.41) is 13.0. The fourth-order valence-corrected chi connectivity index (χ4v) is 2.89. The maximum Gasteiger partial charge on any atom is 0.140 e. The molecule has 22 heavy (non-hydrogen) atoms. The highest BCUT2D eigenvalue weighted by Gasteiger charge is 2.24. The summed E-state index contributed by atoms with van der Waals surface area (Å²) in [7, 11) is 1.95. The van der Waals surface area contributed by atoms with Crippen LogP contribution in [-0.2, 0) is 13.6 Å². The van der Waals surface area contributed by atoms with Crippen molar-refractivity contribution in [1.82, 2.24) is 19.7 Å². The van der Waals surface area contributed by atoms with Crippen molar-refractivity contribution in [2.75, 3.05) is 24.5 Å². The lowest BCUT2D eigenvalue weighted by Gasteiger charge is -2.40. The molecule has 1 atom stereocenters. The number of piperazine rings is 1. The van der Waals surface area contributed by atoms with E-state index in [0.717, 1.165) is 31.9 Å². The molecule has 1 saturated heterocycles. The van der Waals surface area contributed by atoms with Crippen molar-refractivity contribution in [3.05, 3.63) is 42.0 Å². The number of rotatable bonds is 3. The Hall–Kier alpha value is -2.39. The third kappa shape index (κ3) is 3.10. The topological polar surface area (TPSA) is 61.0 Å². The molecule has 0 amide bonds. The first kappa shape index (κ1) is 14.5. The van der Waals surface area contributed by atoms with Gasteiger partial charge in [0.2, 0.25) is 0 Å². The van der Waals surface area contributed by atoms with E-state index in [9.17, 15) is 0 Å². The van der Waals surface area contributed by atoms with E-state index in [0.29, 0.717) is 11.7 Å². The van der Waals surface area contributed by atoms with Gasteiger partial charge in [-0.1, -0.05) is 0 Å². The smallest absolute Gasteiger partial charge is 0.140 e. The second-order valence-corrected chi connectivity index (χ2v) is 5.80. The zero-order chi connectivity index (χ0) is 15.5. The van der Waals surface area contributed by atoms with Crippen molar-refractivity contribution in [1.29, 1.82) is 5.26 Å². The fraction of sp³-hybridized carbons (Fsp3) is 0.438. The molecule has 1 unspecified atom stereocenters. The Morgan fingerprint density at radius 1 is 1.32 bits per heavy atom. The second kappa shape index (κ2) is 6.16. The predicted octanol–water partition coefficient (Wildman–Crippen LogP) is 1.40. The molecule has 3 rings (SSSR count). The van der Waals surface area contributed by atoms with Crippen LogP contribution in [0.15, 0.2) is 30.7 Å². The van der Waals surface area contributed by atoms with E-state index >= 15 is 0 Å². The first-order valence-corrected chi connectivity index (χ1v) is 7.48. The normalized spacial score (nSPS) is 19.1. The highest BCUT2D eigenvalue weighted by atomic mass is 15.3. The fourth-order valence-electron chi connectivity index (χ4n) is 2.89. The van der Waals surface area contributed by atoms with Crippen LogP contribution in [0.3, 0.4) is 0 Å². The molecule has 114 valence electrons. The summed E-state index contributed by atoms with van der Waals surface area (Å²) in [5.74, 6) is 0. The number of pyridine rings is 1. The Morgan fingerprint density at radius 3 is 2.77 bits per heavy atom. The van der Waals surface area contributed by atoms with E-state index < -0.39 is 0 Å². The van der Waals surface area contributed by atoms with Crippen molar-refractivity contribution >= 4 is 5.69 Å². The van der Waals surface area contributed by atoms with Gasteiger partial charge in [0.05, 0.1) is 18.1 Å². The lowest BCUT2D eigenvalue weighted by molar-refractivity contribution is 0.181. The van der Waals surface area contributed by atoms with Crippen LogP contribution in [0, 0.1) is 11.3 Å². The van der Waals surface area contributed by atoms with Crippen LogP contribution in [0.1, 0.15) is 18.2 Å². The van der Waals surface area contributed by atoms with Gasteiger partial charge in [-0.05, 0) is 19.1 Å². The second-order valence-electron chi connectivity index (χ2n) is 5.80. The van der Waals surface area contributed by atoms with Crippen LogP contribution < -0.4 is 4.90 Å². The largest absolute Gasteiger partial charge is 0.367 e. The summed E-state index contributed by atoms with van der Waals surface area (Å²) >= 11 is 0. The van der Waals surface area contributed by atoms with Gasteiger partial charge in [-0.2, -0.15) is 10.4 Å². The van der Waals surface area contributed by atoms with Crippen molar-refractivity contribution in [3.8, 4) is 6.07 Å². The SMILES string of the molecule is CC1CN(c2ccc(C#N)nc2)CCN1Cc1cnn(C)c1. The summed E-state index contributed by atoms with van der Waals surface area (Å²) in [6.45, 7) is 6.14. The Labute approximate surface area is 130 Å². The van der Waals surface area contributed by atoms with E-state index in [-0.39, 0.29) is 0 Å². The quantitative estimate of drug-likeness (QED) is 0.857. The molecule has 3 heterocycles. The standard InChI is InChI=1S/C16H20N6/c1-13-10-22(16-4-3-15(7-17)18-9-16)6-5-21(13)12-14-8-19-20(2)11-14/h3-4,8-9,11,13H,5-6,10,12H2,1-2H3. The van der Waals surface area contributed by atoms with Gasteiger partial charge in [-0.25, -0.2) is 4.98 Å². The molecular formula is C16H20N6. The molecule has 1 aliphatic rings. The van der Waals surface area contributed by atoms with Crippen LogP contribution in [0.4, 0.5) is 5.69 Å². The predicted molar refractivity (Wildman–Crippen MR) is 84.2 cm³/mol. The minimum absolute atomic E-state index is 0.463. The van der Waals surface area contributed by atoms with Crippen molar-refractivity contribution in [3.63, 3.8) is 0 Å². The van der Waals surface area contributed by atoms with Gasteiger partial charge in [0.1, 0.15) is 11.8 Å². The van der Waals surface area contributed by atoms with Gasteiger partial charge in [-0.15, -0.1) is 0 Å². The van der Waals surface area contributed by atoms with Crippen LogP contribution in [0.2, 0.25) is 0 Å². The Bertz CT molecular complexity index is 669. The number of aryl methyl sites for hydroxylation is 1. The highest BCUT2D eigenvalue weighted by molar-refractivity contribution is 5.46. The van der Waals surface area contributed by atoms with E-state index in [4.69, 9.17) is 5.26 Å². The van der Waals surface area contributed by atoms with Gasteiger partial charge in [-0.3, -0.25) is 9.58 Å². The van der Waals surface area contributed by atoms with E-state index in [1.54, 1.807) is 12.3 Å². The first-order valence-electron chi connectivity index (χ1n) is 7.48. The Balaban J connectivity index is 1.62. The monoisotopic (exact) mass is 296 g/mol. The Kier molecular flexibility index (Phi) is 4.07. The third-order valence-corrected chi connectivity index (χ3v) is 4.14. The minimum Gasteiger partial charge on any atom is -0.367 e. The molecule has 2 aromatic rings. The number of anilines is 1. The molecular weight excluding hydrogens is 276 g/mol. The molecule has 0 radical (unpaired) electrons. The van der Waals surface area contributed by atoms with E-state index in [2.05, 4.69) is 39.1 Å². The van der Waals surface area contributed by atoms with Gasteiger partial charge in [0, 0.05) is 51.0 Å². The van der Waals surface area contributed by atoms with Crippen LogP contribution in [0.25, 0.3) is 0 Å². The maximum absolute atomic E-state index is 8.82. The summed E-state index contributed by atoms with van der Waals surface area (Å²) < 4.78 is 1.85. The molecule has 1 fully saturated rings. The molecule has 1 aliphatic heterocycles. The summed E-state index contributed by atoms with van der Waals surface area (Å²) in [6.07, 6.45) is 5.80. The van der Waals surface area contributed by atoms with E-state index in [1.807, 2.05) is 24.0 Å². The van der Waals surface area contributed by atoms with Crippen LogP contribution >= 0.6 is 0 Å². The minimum atomic E-state index is 0.463. The summed E-state index contributed by atoms with van der Waals surface area (Å²) in [5.41, 5.74) is 2.81. The summed E-state index contributed by atoms with van der Waals surface area (Å²) in [4.78, 5) is 8.97. The van der Waals surface area contributed by atoms with Gasteiger partial charge in [0.25, 0.3) is 0 Å². The summed E-state index contributed by atoms with van der Waals surface area (Å²) in [6, 6.07) is 6.28. The molecule has 0 saturated carbocycles. The third-order valence-electron chi connectivity index (χ3n) is 4.14. The molecule has 0 aliphatic carbocycles. The average Bonchev–Trinajstić information content (AvgIpc) is 2.94. The average molecular weight is 296 g/mol. The van der Waals surface area contributed by atoms with E-state index in [1.165, 1.54) is 5.56 Å². The Morgan fingerprint density at radius 2 is 2.18 bits per heavy atom. The van der Waals surface area contributed by atoms with Gasteiger partial charge < -0.3 is 4.90 Å². The molecule has 0 bridgehead atoms. The lowest BCUT2D eigenvalue weighted by atomic mass is 10.1. The maximum atomic E-state index is 8.82. The number of aromatic nitrogens is 3. The lowest BCUT2D eigenvalue weighted by Crippen LogP contribution is -2.51. The molecule has 2 aromatic heterocycles. The van der Waals surface area contributed by atoms with Crippen LogP contribution in [-0.4, -0.2) is 45.3 Å². The van der Waals surface area contributed by atoms with Crippen molar-refractivity contribution < 1.29 is 0 Å².